The topological polar surface area (TPSA) is 69.6 Å². The van der Waals surface area contributed by atoms with Crippen LogP contribution in [0, 0.1) is 0 Å². The normalized spacial score (nSPS) is 10.2. The van der Waals surface area contributed by atoms with Gasteiger partial charge in [-0.05, 0) is 22.9 Å². The third kappa shape index (κ3) is 3.22. The average Bonchev–Trinajstić information content (AvgIpc) is 2.37. The molecule has 0 saturated carbocycles. The van der Waals surface area contributed by atoms with Crippen LogP contribution in [-0.4, -0.2) is 35.6 Å². The van der Waals surface area contributed by atoms with E-state index >= 15 is 0 Å². The third-order valence-electron chi connectivity index (χ3n) is 2.72. The zero-order valence-electron chi connectivity index (χ0n) is 10.5. The van der Waals surface area contributed by atoms with E-state index in [4.69, 9.17) is 5.11 Å². The van der Waals surface area contributed by atoms with Crippen LogP contribution in [0.5, 0.6) is 0 Å². The van der Waals surface area contributed by atoms with Crippen molar-refractivity contribution in [1.29, 1.82) is 0 Å². The molecule has 2 N–H and O–H groups in total. The van der Waals surface area contributed by atoms with Crippen molar-refractivity contribution >= 4 is 28.5 Å². The smallest absolute Gasteiger partial charge is 0.323 e. The lowest BCUT2D eigenvalue weighted by Gasteiger charge is -2.15. The number of anilines is 1. The Bertz CT molecular complexity index is 625. The molecule has 0 atom stereocenters. The zero-order chi connectivity index (χ0) is 13.8. The third-order valence-corrected chi connectivity index (χ3v) is 2.72. The molecule has 2 aromatic carbocycles. The Hall–Kier alpha value is -2.56. The van der Waals surface area contributed by atoms with Crippen LogP contribution in [0.3, 0.4) is 0 Å². The van der Waals surface area contributed by atoms with Gasteiger partial charge in [0.1, 0.15) is 6.54 Å². The Labute approximate surface area is 110 Å². The van der Waals surface area contributed by atoms with Crippen LogP contribution in [0.1, 0.15) is 0 Å². The van der Waals surface area contributed by atoms with Gasteiger partial charge in [0.15, 0.2) is 0 Å². The van der Waals surface area contributed by atoms with E-state index in [0.717, 1.165) is 15.7 Å². The van der Waals surface area contributed by atoms with E-state index in [-0.39, 0.29) is 6.54 Å². The van der Waals surface area contributed by atoms with Gasteiger partial charge in [0.05, 0.1) is 0 Å². The number of carbonyl (C=O) groups is 2. The molecule has 2 rings (SSSR count). The number of urea groups is 1. The molecule has 2 aromatic rings. The molecule has 5 nitrogen and oxygen atoms in total. The first-order chi connectivity index (χ1) is 9.06. The van der Waals surface area contributed by atoms with Crippen LogP contribution in [0.4, 0.5) is 10.5 Å². The number of likely N-dealkylation sites (N-methyl/N-ethyl adjacent to an activating group) is 1. The van der Waals surface area contributed by atoms with Crippen LogP contribution in [0.25, 0.3) is 10.8 Å². The molecule has 0 heterocycles. The molecule has 0 aliphatic rings. The summed E-state index contributed by atoms with van der Waals surface area (Å²) >= 11 is 0. The average molecular weight is 258 g/mol. The monoisotopic (exact) mass is 258 g/mol. The maximum absolute atomic E-state index is 11.7. The van der Waals surface area contributed by atoms with E-state index < -0.39 is 12.0 Å². The lowest BCUT2D eigenvalue weighted by Crippen LogP contribution is -2.35. The van der Waals surface area contributed by atoms with E-state index in [0.29, 0.717) is 5.69 Å². The summed E-state index contributed by atoms with van der Waals surface area (Å²) in [4.78, 5) is 23.4. The number of benzene rings is 2. The number of nitrogens with one attached hydrogen (secondary N) is 1. The molecule has 0 unspecified atom stereocenters. The molecule has 2 amide bonds. The number of carboxylic acid groups (broad SMARTS) is 1. The summed E-state index contributed by atoms with van der Waals surface area (Å²) in [5.41, 5.74) is 0.640. The van der Waals surface area contributed by atoms with E-state index in [1.54, 1.807) is 6.07 Å². The predicted molar refractivity (Wildman–Crippen MR) is 73.2 cm³/mol. The number of carboxylic acids is 1. The van der Waals surface area contributed by atoms with Crippen molar-refractivity contribution in [2.24, 2.45) is 0 Å². The Morgan fingerprint density at radius 1 is 1.16 bits per heavy atom. The summed E-state index contributed by atoms with van der Waals surface area (Å²) in [6, 6.07) is 12.9. The van der Waals surface area contributed by atoms with E-state index in [1.165, 1.54) is 7.05 Å². The van der Waals surface area contributed by atoms with E-state index in [9.17, 15) is 9.59 Å². The van der Waals surface area contributed by atoms with Gasteiger partial charge in [0.25, 0.3) is 0 Å². The minimum absolute atomic E-state index is 0.334. The molecule has 0 radical (unpaired) electrons. The number of fused-ring (bicyclic) bond motifs is 1. The van der Waals surface area contributed by atoms with Crippen LogP contribution in [-0.2, 0) is 4.79 Å². The van der Waals surface area contributed by atoms with E-state index in [1.807, 2.05) is 36.4 Å². The fourth-order valence-electron chi connectivity index (χ4n) is 1.76. The Balaban J connectivity index is 2.12. The highest BCUT2D eigenvalue weighted by molar-refractivity contribution is 5.94. The molecule has 0 aliphatic heterocycles. The lowest BCUT2D eigenvalue weighted by molar-refractivity contribution is -0.137. The van der Waals surface area contributed by atoms with Crippen LogP contribution < -0.4 is 5.32 Å². The van der Waals surface area contributed by atoms with Crippen molar-refractivity contribution in [3.8, 4) is 0 Å². The number of hydrogen-bond acceptors (Lipinski definition) is 2. The summed E-state index contributed by atoms with van der Waals surface area (Å²) in [5.74, 6) is -1.05. The van der Waals surface area contributed by atoms with Crippen molar-refractivity contribution in [2.45, 2.75) is 0 Å². The second kappa shape index (κ2) is 5.39. The maximum Gasteiger partial charge on any atom is 0.323 e. The molecular weight excluding hydrogens is 244 g/mol. The van der Waals surface area contributed by atoms with Crippen LogP contribution in [0.15, 0.2) is 42.5 Å². The number of aliphatic carboxylic acids is 1. The van der Waals surface area contributed by atoms with Gasteiger partial charge in [-0.15, -0.1) is 0 Å². The highest BCUT2D eigenvalue weighted by atomic mass is 16.4. The predicted octanol–water partition coefficient (Wildman–Crippen LogP) is 2.39. The molecule has 0 aromatic heterocycles. The summed E-state index contributed by atoms with van der Waals surface area (Å²) in [6.07, 6.45) is 0. The molecule has 98 valence electrons. The van der Waals surface area contributed by atoms with Crippen LogP contribution >= 0.6 is 0 Å². The highest BCUT2D eigenvalue weighted by Gasteiger charge is 2.11. The maximum atomic E-state index is 11.7. The first kappa shape index (κ1) is 12.9. The van der Waals surface area contributed by atoms with Crippen molar-refractivity contribution in [3.05, 3.63) is 42.5 Å². The zero-order valence-corrected chi connectivity index (χ0v) is 10.5. The first-order valence-electron chi connectivity index (χ1n) is 5.79. The summed E-state index contributed by atoms with van der Waals surface area (Å²) in [6.45, 7) is -0.334. The lowest BCUT2D eigenvalue weighted by atomic mass is 10.1. The molecule has 5 heteroatoms. The molecule has 0 aliphatic carbocycles. The summed E-state index contributed by atoms with van der Waals surface area (Å²) < 4.78 is 0. The van der Waals surface area contributed by atoms with Gasteiger partial charge in [0.2, 0.25) is 0 Å². The first-order valence-corrected chi connectivity index (χ1v) is 5.79. The Kier molecular flexibility index (Phi) is 3.66. The molecule has 0 fully saturated rings. The largest absolute Gasteiger partial charge is 0.480 e. The number of carbonyl (C=O) groups excluding carboxylic acids is 1. The second-order valence-corrected chi connectivity index (χ2v) is 4.24. The second-order valence-electron chi connectivity index (χ2n) is 4.24. The van der Waals surface area contributed by atoms with Crippen molar-refractivity contribution in [2.75, 3.05) is 18.9 Å². The number of hydrogen-bond donors (Lipinski definition) is 2. The minimum Gasteiger partial charge on any atom is -0.480 e. The van der Waals surface area contributed by atoms with Gasteiger partial charge in [0, 0.05) is 12.7 Å². The number of nitrogens with zero attached hydrogens (tertiary/aromatic N) is 1. The number of rotatable bonds is 3. The molecule has 19 heavy (non-hydrogen) atoms. The van der Waals surface area contributed by atoms with Gasteiger partial charge >= 0.3 is 12.0 Å². The highest BCUT2D eigenvalue weighted by Crippen LogP contribution is 2.18. The Morgan fingerprint density at radius 3 is 2.53 bits per heavy atom. The fourth-order valence-corrected chi connectivity index (χ4v) is 1.76. The van der Waals surface area contributed by atoms with Gasteiger partial charge in [-0.3, -0.25) is 4.79 Å². The standard InChI is InChI=1S/C14H14N2O3/c1-16(9-13(17)18)14(19)15-12-7-6-10-4-2-3-5-11(10)8-12/h2-8H,9H2,1H3,(H,15,19)(H,17,18). The quantitative estimate of drug-likeness (QED) is 0.888. The Morgan fingerprint density at radius 2 is 1.84 bits per heavy atom. The van der Waals surface area contributed by atoms with Crippen LogP contribution in [0.2, 0.25) is 0 Å². The number of amides is 2. The SMILES string of the molecule is CN(CC(=O)O)C(=O)Nc1ccc2ccccc2c1. The molecule has 0 bridgehead atoms. The van der Waals surface area contributed by atoms with Crippen molar-refractivity contribution < 1.29 is 14.7 Å². The van der Waals surface area contributed by atoms with Gasteiger partial charge in [-0.2, -0.15) is 0 Å². The van der Waals surface area contributed by atoms with Crippen molar-refractivity contribution in [1.82, 2.24) is 4.90 Å². The summed E-state index contributed by atoms with van der Waals surface area (Å²) in [5, 5.41) is 13.4. The summed E-state index contributed by atoms with van der Waals surface area (Å²) in [7, 11) is 1.44. The van der Waals surface area contributed by atoms with Gasteiger partial charge < -0.3 is 15.3 Å². The minimum atomic E-state index is -1.05. The molecular formula is C14H14N2O3. The van der Waals surface area contributed by atoms with Crippen molar-refractivity contribution in [3.63, 3.8) is 0 Å². The van der Waals surface area contributed by atoms with Gasteiger partial charge in [-0.25, -0.2) is 4.79 Å². The van der Waals surface area contributed by atoms with Gasteiger partial charge in [-0.1, -0.05) is 30.3 Å². The van der Waals surface area contributed by atoms with E-state index in [2.05, 4.69) is 5.32 Å². The molecule has 0 spiro atoms. The fraction of sp³-hybridized carbons (Fsp3) is 0.143. The molecule has 0 saturated heterocycles.